The molecular formula is C75H142O17P2. The van der Waals surface area contributed by atoms with E-state index in [2.05, 4.69) is 72.8 Å². The third-order valence-electron chi connectivity index (χ3n) is 17.5. The Morgan fingerprint density at radius 1 is 0.351 bits per heavy atom. The van der Waals surface area contributed by atoms with E-state index < -0.39 is 97.5 Å². The van der Waals surface area contributed by atoms with Crippen LogP contribution in [0.15, 0.2) is 24.3 Å². The number of unbranched alkanes of at least 4 members (excludes halogenated alkanes) is 34. The number of aliphatic hydroxyl groups is 1. The number of phosphoric ester groups is 2. The number of carbonyl (C=O) groups excluding carboxylic acids is 4. The van der Waals surface area contributed by atoms with Crippen molar-refractivity contribution in [2.75, 3.05) is 39.6 Å². The highest BCUT2D eigenvalue weighted by atomic mass is 31.2. The highest BCUT2D eigenvalue weighted by molar-refractivity contribution is 7.47. The summed E-state index contributed by atoms with van der Waals surface area (Å²) in [5.74, 6) is 0.100. The van der Waals surface area contributed by atoms with Crippen molar-refractivity contribution in [3.8, 4) is 0 Å². The Morgan fingerprint density at radius 2 is 0.628 bits per heavy atom. The van der Waals surface area contributed by atoms with Crippen LogP contribution in [0.2, 0.25) is 0 Å². The van der Waals surface area contributed by atoms with Gasteiger partial charge >= 0.3 is 39.5 Å². The van der Waals surface area contributed by atoms with Gasteiger partial charge in [-0.05, 0) is 69.1 Å². The molecule has 0 aromatic carbocycles. The molecule has 0 aliphatic rings. The monoisotopic (exact) mass is 1380 g/mol. The van der Waals surface area contributed by atoms with E-state index in [1.165, 1.54) is 141 Å². The third-order valence-corrected chi connectivity index (χ3v) is 19.4. The summed E-state index contributed by atoms with van der Waals surface area (Å²) < 4.78 is 68.4. The predicted molar refractivity (Wildman–Crippen MR) is 381 cm³/mol. The van der Waals surface area contributed by atoms with Gasteiger partial charge in [0.2, 0.25) is 0 Å². The molecule has 7 atom stereocenters. The first kappa shape index (κ1) is 91.5. The Bertz CT molecular complexity index is 1930. The summed E-state index contributed by atoms with van der Waals surface area (Å²) in [6.45, 7) is 11.8. The standard InChI is InChI=1S/C75H142O17P2/c1-8-11-12-13-14-15-16-17-20-24-27-30-33-42-49-56-72(77)85-62-70(91-74(79)58-51-44-34-31-28-25-22-19-18-21-23-26-29-32-39-46-53-66(4)5)64-89-93(81,82)87-60-69(76)61-88-94(83,84)90-65-71(92-75(80)59-52-45-38-36-41-48-55-68(7)10-3)63-86-73(78)57-50-43-37-35-40-47-54-67(6)9-2/h15-17,20,66-71,76H,8-14,18-19,21-65H2,1-7H3,(H,81,82)(H,83,84)/b16-15-,20-17-/t67?,68?,69-,70-,71-/m1/s1. The van der Waals surface area contributed by atoms with E-state index in [4.69, 9.17) is 37.0 Å². The van der Waals surface area contributed by atoms with Crippen molar-refractivity contribution in [3.63, 3.8) is 0 Å². The smallest absolute Gasteiger partial charge is 0.462 e. The zero-order chi connectivity index (χ0) is 69.4. The number of esters is 4. The molecule has 0 radical (unpaired) electrons. The van der Waals surface area contributed by atoms with Crippen LogP contribution in [0.25, 0.3) is 0 Å². The van der Waals surface area contributed by atoms with Crippen LogP contribution in [-0.2, 0) is 65.4 Å². The second-order valence-corrected chi connectivity index (χ2v) is 30.2. The maximum atomic E-state index is 13.1. The largest absolute Gasteiger partial charge is 0.472 e. The molecule has 17 nitrogen and oxygen atoms in total. The molecule has 19 heteroatoms. The Hall–Kier alpha value is -2.46. The zero-order valence-corrected chi connectivity index (χ0v) is 62.7. The Morgan fingerprint density at radius 3 is 0.947 bits per heavy atom. The van der Waals surface area contributed by atoms with Crippen LogP contribution < -0.4 is 0 Å². The second kappa shape index (κ2) is 65.2. The number of allylic oxidation sites excluding steroid dienone is 4. The molecule has 0 aliphatic carbocycles. The highest BCUT2D eigenvalue weighted by Crippen LogP contribution is 2.45. The molecule has 0 bridgehead atoms. The first-order valence-corrected chi connectivity index (χ1v) is 41.2. The number of carbonyl (C=O) groups is 4. The van der Waals surface area contributed by atoms with Gasteiger partial charge in [-0.15, -0.1) is 0 Å². The first-order chi connectivity index (χ1) is 45.3. The minimum atomic E-state index is -4.96. The predicted octanol–water partition coefficient (Wildman–Crippen LogP) is 21.3. The summed E-state index contributed by atoms with van der Waals surface area (Å²) in [5.41, 5.74) is 0. The van der Waals surface area contributed by atoms with E-state index in [0.717, 1.165) is 133 Å². The summed E-state index contributed by atoms with van der Waals surface area (Å²) in [7, 11) is -9.92. The Labute approximate surface area is 573 Å². The molecule has 4 unspecified atom stereocenters. The van der Waals surface area contributed by atoms with Gasteiger partial charge in [-0.25, -0.2) is 9.13 Å². The van der Waals surface area contributed by atoms with Gasteiger partial charge in [0.15, 0.2) is 12.2 Å². The van der Waals surface area contributed by atoms with Crippen molar-refractivity contribution in [1.29, 1.82) is 0 Å². The fraction of sp³-hybridized carbons (Fsp3) is 0.893. The number of hydrogen-bond acceptors (Lipinski definition) is 15. The normalized spacial score (nSPS) is 14.8. The number of ether oxygens (including phenoxy) is 4. The van der Waals surface area contributed by atoms with Gasteiger partial charge in [-0.1, -0.05) is 304 Å². The van der Waals surface area contributed by atoms with Crippen LogP contribution in [0, 0.1) is 17.8 Å². The molecule has 0 amide bonds. The third kappa shape index (κ3) is 65.5. The van der Waals surface area contributed by atoms with Gasteiger partial charge in [-0.3, -0.25) is 37.3 Å². The van der Waals surface area contributed by atoms with Crippen molar-refractivity contribution in [1.82, 2.24) is 0 Å². The molecule has 0 aromatic rings. The molecule has 94 heavy (non-hydrogen) atoms. The molecular weight excluding hydrogens is 1230 g/mol. The minimum Gasteiger partial charge on any atom is -0.462 e. The number of rotatable bonds is 71. The van der Waals surface area contributed by atoms with Gasteiger partial charge in [0.05, 0.1) is 26.4 Å². The Kier molecular flexibility index (Phi) is 63.5. The summed E-state index contributed by atoms with van der Waals surface area (Å²) in [5, 5.41) is 10.6. The summed E-state index contributed by atoms with van der Waals surface area (Å²) >= 11 is 0. The fourth-order valence-corrected chi connectivity index (χ4v) is 12.4. The van der Waals surface area contributed by atoms with Gasteiger partial charge < -0.3 is 33.8 Å². The molecule has 554 valence electrons. The van der Waals surface area contributed by atoms with E-state index in [-0.39, 0.29) is 25.7 Å². The lowest BCUT2D eigenvalue weighted by Gasteiger charge is -2.21. The number of hydrogen-bond donors (Lipinski definition) is 3. The fourth-order valence-electron chi connectivity index (χ4n) is 10.8. The van der Waals surface area contributed by atoms with Crippen molar-refractivity contribution in [2.24, 2.45) is 17.8 Å². The summed E-state index contributed by atoms with van der Waals surface area (Å²) in [6, 6.07) is 0. The number of phosphoric acid groups is 2. The summed E-state index contributed by atoms with van der Waals surface area (Å²) in [4.78, 5) is 72.7. The summed E-state index contributed by atoms with van der Waals surface area (Å²) in [6.07, 6.45) is 53.7. The quantitative estimate of drug-likeness (QED) is 0.0169. The van der Waals surface area contributed by atoms with Crippen molar-refractivity contribution >= 4 is 39.5 Å². The minimum absolute atomic E-state index is 0.0996. The van der Waals surface area contributed by atoms with Gasteiger partial charge in [0, 0.05) is 25.7 Å². The maximum Gasteiger partial charge on any atom is 0.472 e. The molecule has 0 spiro atoms. The van der Waals surface area contributed by atoms with E-state index in [1.54, 1.807) is 0 Å². The van der Waals surface area contributed by atoms with Gasteiger partial charge in [0.25, 0.3) is 0 Å². The second-order valence-electron chi connectivity index (χ2n) is 27.3. The van der Waals surface area contributed by atoms with E-state index in [1.807, 2.05) is 0 Å². The van der Waals surface area contributed by atoms with Crippen molar-refractivity contribution in [3.05, 3.63) is 24.3 Å². The molecule has 0 heterocycles. The van der Waals surface area contributed by atoms with E-state index in [9.17, 15) is 43.2 Å². The highest BCUT2D eigenvalue weighted by Gasteiger charge is 2.30. The van der Waals surface area contributed by atoms with Gasteiger partial charge in [0.1, 0.15) is 19.3 Å². The van der Waals surface area contributed by atoms with Crippen LogP contribution in [0.4, 0.5) is 0 Å². The molecule has 0 fully saturated rings. The van der Waals surface area contributed by atoms with E-state index >= 15 is 0 Å². The van der Waals surface area contributed by atoms with E-state index in [0.29, 0.717) is 25.7 Å². The topological polar surface area (TPSA) is 237 Å². The van der Waals surface area contributed by atoms with Gasteiger partial charge in [-0.2, -0.15) is 0 Å². The molecule has 0 saturated carbocycles. The average molecular weight is 1380 g/mol. The lowest BCUT2D eigenvalue weighted by atomic mass is 10.00. The lowest BCUT2D eigenvalue weighted by Crippen LogP contribution is -2.30. The zero-order valence-electron chi connectivity index (χ0n) is 60.9. The molecule has 3 N–H and O–H groups in total. The van der Waals surface area contributed by atoms with Crippen LogP contribution in [0.1, 0.15) is 357 Å². The van der Waals surface area contributed by atoms with Crippen LogP contribution in [-0.4, -0.2) is 96.7 Å². The van der Waals surface area contributed by atoms with Crippen LogP contribution in [0.5, 0.6) is 0 Å². The van der Waals surface area contributed by atoms with Crippen molar-refractivity contribution < 1.29 is 80.2 Å². The van der Waals surface area contributed by atoms with Crippen LogP contribution in [0.3, 0.4) is 0 Å². The maximum absolute atomic E-state index is 13.1. The molecule has 0 aliphatic heterocycles. The molecule has 0 rings (SSSR count). The number of aliphatic hydroxyl groups excluding tert-OH is 1. The average Bonchev–Trinajstić information content (AvgIpc) is 2.52. The van der Waals surface area contributed by atoms with Crippen molar-refractivity contribution in [2.45, 2.75) is 375 Å². The Balaban J connectivity index is 5.26. The lowest BCUT2D eigenvalue weighted by molar-refractivity contribution is -0.161. The molecule has 0 aromatic heterocycles. The molecule has 0 saturated heterocycles. The SMILES string of the molecule is CCCCCC/C=C\C=C/CCCCCCCC(=O)OC[C@H](COP(=O)(O)OC[C@@H](O)COP(=O)(O)OC[C@@H](COC(=O)CCCCCCCCC(C)CC)OC(=O)CCCCCCCCC(C)CC)OC(=O)CCCCCCCCCCCCCCCCCCC(C)C. The first-order valence-electron chi connectivity index (χ1n) is 38.2. The van der Waals surface area contributed by atoms with Crippen LogP contribution >= 0.6 is 15.6 Å².